The van der Waals surface area contributed by atoms with Crippen LogP contribution in [0.15, 0.2) is 18.5 Å². The fourth-order valence-electron chi connectivity index (χ4n) is 2.21. The summed E-state index contributed by atoms with van der Waals surface area (Å²) in [5.41, 5.74) is 0.861. The number of halogens is 1. The molecule has 4 heteroatoms. The number of Topliss-reactive ketones (excluding diaryl/α,β-unsaturated/α-hetero) is 1. The Morgan fingerprint density at radius 3 is 2.94 bits per heavy atom. The van der Waals surface area contributed by atoms with Gasteiger partial charge in [0.2, 0.25) is 0 Å². The van der Waals surface area contributed by atoms with Crippen molar-refractivity contribution in [2.75, 3.05) is 6.54 Å². The molecule has 92 valence electrons. The molecule has 0 saturated heterocycles. The van der Waals surface area contributed by atoms with E-state index in [-0.39, 0.29) is 5.78 Å². The van der Waals surface area contributed by atoms with Gasteiger partial charge in [0.25, 0.3) is 0 Å². The maximum atomic E-state index is 11.8. The number of pyridine rings is 1. The topological polar surface area (TPSA) is 42.0 Å². The van der Waals surface area contributed by atoms with E-state index in [0.717, 1.165) is 5.56 Å². The molecule has 1 fully saturated rings. The first-order valence-corrected chi connectivity index (χ1v) is 6.47. The fourth-order valence-corrected chi connectivity index (χ4v) is 2.40. The Kier molecular flexibility index (Phi) is 4.51. The molecule has 1 saturated carbocycles. The Morgan fingerprint density at radius 1 is 1.47 bits per heavy atom. The zero-order valence-corrected chi connectivity index (χ0v) is 10.5. The lowest BCUT2D eigenvalue weighted by atomic mass is 10.1. The van der Waals surface area contributed by atoms with Gasteiger partial charge in [0.05, 0.1) is 11.6 Å². The SMILES string of the molecule is O=C(CNC1CCCC1)Cc1ccncc1Cl. The highest BCUT2D eigenvalue weighted by Gasteiger charge is 2.15. The lowest BCUT2D eigenvalue weighted by Gasteiger charge is -2.10. The molecule has 1 aromatic rings. The molecule has 1 N–H and O–H groups in total. The minimum Gasteiger partial charge on any atom is -0.307 e. The van der Waals surface area contributed by atoms with Crippen LogP contribution in [0.1, 0.15) is 31.2 Å². The van der Waals surface area contributed by atoms with E-state index >= 15 is 0 Å². The Hall–Kier alpha value is -0.930. The van der Waals surface area contributed by atoms with Gasteiger partial charge in [0.15, 0.2) is 5.78 Å². The van der Waals surface area contributed by atoms with Gasteiger partial charge in [-0.25, -0.2) is 0 Å². The van der Waals surface area contributed by atoms with Crippen LogP contribution in [-0.2, 0) is 11.2 Å². The van der Waals surface area contributed by atoms with Crippen molar-refractivity contribution < 1.29 is 4.79 Å². The molecule has 1 heterocycles. The minimum atomic E-state index is 0.185. The van der Waals surface area contributed by atoms with Crippen LogP contribution in [0.4, 0.5) is 0 Å². The summed E-state index contributed by atoms with van der Waals surface area (Å²) in [6, 6.07) is 2.34. The number of carbonyl (C=O) groups is 1. The number of rotatable bonds is 5. The number of nitrogens with one attached hydrogen (secondary N) is 1. The summed E-state index contributed by atoms with van der Waals surface area (Å²) in [6.45, 7) is 0.448. The molecule has 0 amide bonds. The van der Waals surface area contributed by atoms with E-state index in [2.05, 4.69) is 10.3 Å². The molecular weight excluding hydrogens is 236 g/mol. The van der Waals surface area contributed by atoms with Crippen LogP contribution in [0.5, 0.6) is 0 Å². The Labute approximate surface area is 107 Å². The smallest absolute Gasteiger partial charge is 0.151 e. The second-order valence-corrected chi connectivity index (χ2v) is 4.95. The molecular formula is C13H17ClN2O. The van der Waals surface area contributed by atoms with E-state index in [0.29, 0.717) is 24.0 Å². The van der Waals surface area contributed by atoms with Crippen LogP contribution < -0.4 is 5.32 Å². The molecule has 0 radical (unpaired) electrons. The van der Waals surface area contributed by atoms with Crippen LogP contribution in [0.25, 0.3) is 0 Å². The third-order valence-electron chi connectivity index (χ3n) is 3.19. The number of hydrogen-bond acceptors (Lipinski definition) is 3. The third kappa shape index (κ3) is 3.79. The molecule has 17 heavy (non-hydrogen) atoms. The number of carbonyl (C=O) groups excluding carboxylic acids is 1. The molecule has 3 nitrogen and oxygen atoms in total. The van der Waals surface area contributed by atoms with Crippen molar-refractivity contribution in [2.45, 2.75) is 38.1 Å². The average Bonchev–Trinajstić information content (AvgIpc) is 2.82. The predicted molar refractivity (Wildman–Crippen MR) is 68.2 cm³/mol. The highest BCUT2D eigenvalue weighted by Crippen LogP contribution is 2.17. The van der Waals surface area contributed by atoms with Crippen molar-refractivity contribution >= 4 is 17.4 Å². The number of nitrogens with zero attached hydrogens (tertiary/aromatic N) is 1. The van der Waals surface area contributed by atoms with Crippen LogP contribution in [0.3, 0.4) is 0 Å². The van der Waals surface area contributed by atoms with Crippen LogP contribution in [-0.4, -0.2) is 23.4 Å². The molecule has 1 aromatic heterocycles. The first-order valence-electron chi connectivity index (χ1n) is 6.09. The van der Waals surface area contributed by atoms with Crippen molar-refractivity contribution in [3.8, 4) is 0 Å². The first-order chi connectivity index (χ1) is 8.25. The normalized spacial score (nSPS) is 16.3. The second kappa shape index (κ2) is 6.12. The average molecular weight is 253 g/mol. The fraction of sp³-hybridized carbons (Fsp3) is 0.538. The maximum absolute atomic E-state index is 11.8. The number of ketones is 1. The van der Waals surface area contributed by atoms with Gasteiger partial charge in [-0.2, -0.15) is 0 Å². The summed E-state index contributed by atoms with van der Waals surface area (Å²) in [4.78, 5) is 15.7. The van der Waals surface area contributed by atoms with E-state index in [1.54, 1.807) is 18.5 Å². The molecule has 1 aliphatic rings. The summed E-state index contributed by atoms with van der Waals surface area (Å²) in [5, 5.41) is 3.88. The zero-order chi connectivity index (χ0) is 12.1. The molecule has 0 aliphatic heterocycles. The molecule has 0 spiro atoms. The molecule has 2 rings (SSSR count). The van der Waals surface area contributed by atoms with E-state index in [1.165, 1.54) is 25.7 Å². The number of aromatic nitrogens is 1. The lowest BCUT2D eigenvalue weighted by molar-refractivity contribution is -0.117. The van der Waals surface area contributed by atoms with Gasteiger partial charge in [-0.3, -0.25) is 9.78 Å². The quantitative estimate of drug-likeness (QED) is 0.875. The summed E-state index contributed by atoms with van der Waals surface area (Å²) in [5.74, 6) is 0.185. The molecule has 0 atom stereocenters. The maximum Gasteiger partial charge on any atom is 0.151 e. The minimum absolute atomic E-state index is 0.185. The molecule has 1 aliphatic carbocycles. The number of hydrogen-bond donors (Lipinski definition) is 1. The Bertz CT molecular complexity index is 389. The van der Waals surface area contributed by atoms with E-state index in [9.17, 15) is 4.79 Å². The monoisotopic (exact) mass is 252 g/mol. The van der Waals surface area contributed by atoms with Gasteiger partial charge in [-0.1, -0.05) is 24.4 Å². The van der Waals surface area contributed by atoms with Gasteiger partial charge >= 0.3 is 0 Å². The highest BCUT2D eigenvalue weighted by molar-refractivity contribution is 6.31. The van der Waals surface area contributed by atoms with Crippen molar-refractivity contribution in [1.82, 2.24) is 10.3 Å². The summed E-state index contributed by atoms with van der Waals surface area (Å²) < 4.78 is 0. The van der Waals surface area contributed by atoms with Gasteiger partial charge in [0, 0.05) is 24.9 Å². The van der Waals surface area contributed by atoms with Gasteiger partial charge in [-0.05, 0) is 24.5 Å². The highest BCUT2D eigenvalue weighted by atomic mass is 35.5. The van der Waals surface area contributed by atoms with Gasteiger partial charge < -0.3 is 5.32 Å². The lowest BCUT2D eigenvalue weighted by Crippen LogP contribution is -2.32. The van der Waals surface area contributed by atoms with E-state index < -0.39 is 0 Å². The Morgan fingerprint density at radius 2 is 2.24 bits per heavy atom. The summed E-state index contributed by atoms with van der Waals surface area (Å²) in [7, 11) is 0. The third-order valence-corrected chi connectivity index (χ3v) is 3.53. The standard InChI is InChI=1S/C13H17ClN2O/c14-13-9-15-6-5-10(13)7-12(17)8-16-11-3-1-2-4-11/h5-6,9,11,16H,1-4,7-8H2. The van der Waals surface area contributed by atoms with Crippen LogP contribution >= 0.6 is 11.6 Å². The van der Waals surface area contributed by atoms with Crippen molar-refractivity contribution in [3.63, 3.8) is 0 Å². The molecule has 0 aromatic carbocycles. The molecule has 0 unspecified atom stereocenters. The van der Waals surface area contributed by atoms with Crippen molar-refractivity contribution in [1.29, 1.82) is 0 Å². The van der Waals surface area contributed by atoms with Gasteiger partial charge in [-0.15, -0.1) is 0 Å². The first kappa shape index (κ1) is 12.5. The van der Waals surface area contributed by atoms with E-state index in [4.69, 9.17) is 11.6 Å². The molecule has 0 bridgehead atoms. The second-order valence-electron chi connectivity index (χ2n) is 4.54. The Balaban J connectivity index is 1.79. The van der Waals surface area contributed by atoms with Crippen LogP contribution in [0.2, 0.25) is 5.02 Å². The predicted octanol–water partition coefficient (Wildman–Crippen LogP) is 2.38. The van der Waals surface area contributed by atoms with Gasteiger partial charge in [0.1, 0.15) is 0 Å². The summed E-state index contributed by atoms with van der Waals surface area (Å²) in [6.07, 6.45) is 8.59. The van der Waals surface area contributed by atoms with Crippen molar-refractivity contribution in [2.24, 2.45) is 0 Å². The van der Waals surface area contributed by atoms with Crippen LogP contribution in [0, 0.1) is 0 Å². The van der Waals surface area contributed by atoms with E-state index in [1.807, 2.05) is 0 Å². The largest absolute Gasteiger partial charge is 0.307 e. The zero-order valence-electron chi connectivity index (χ0n) is 9.79. The van der Waals surface area contributed by atoms with Crippen molar-refractivity contribution in [3.05, 3.63) is 29.0 Å². The summed E-state index contributed by atoms with van der Waals surface area (Å²) >= 11 is 5.96.